The predicted octanol–water partition coefficient (Wildman–Crippen LogP) is 5.72. The molecule has 1 heterocycles. The normalized spacial score (nSPS) is 17.7. The van der Waals surface area contributed by atoms with Crippen molar-refractivity contribution in [3.05, 3.63) is 111 Å². The molecule has 2 unspecified atom stereocenters. The third kappa shape index (κ3) is 7.43. The van der Waals surface area contributed by atoms with Crippen LogP contribution >= 0.6 is 0 Å². The molecule has 4 aromatic rings. The summed E-state index contributed by atoms with van der Waals surface area (Å²) in [6, 6.07) is 20.7. The molecule has 1 aromatic heterocycles. The third-order valence-corrected chi connectivity index (χ3v) is 7.74. The number of carbonyl (C=O) groups excluding carboxylic acids is 3. The fourth-order valence-electron chi connectivity index (χ4n) is 5.53. The number of para-hydroxylation sites is 1. The number of benzene rings is 3. The van der Waals surface area contributed by atoms with Crippen molar-refractivity contribution < 1.29 is 33.5 Å². The number of nitrogens with zero attached hydrogens (tertiary/aromatic N) is 2. The maximum atomic E-state index is 13.4. The largest absolute Gasteiger partial charge is 0.489 e. The SMILES string of the molecule is CCOC(=O)[C@H]1CCCC(OC(=O)c2ccc([N+](=O)[O-])cc2)C1NC(=O)c1ccc(OCc2cc(C)nc3ccccc23)cc1. The molecule has 3 aromatic carbocycles. The standard InChI is InChI=1S/C34H33N3O8/c1-3-43-34(40)28-8-6-10-30(45-33(39)23-11-15-25(16-12-23)37(41)42)31(28)36-32(38)22-13-17-26(18-14-22)44-20-24-19-21(2)35-29-9-5-4-7-27(24)29/h4-5,7,9,11-19,28,30-31H,3,6,8,10,20H2,1-2H3,(H,36,38)/t28-,30?,31?/m0/s1. The van der Waals surface area contributed by atoms with E-state index in [-0.39, 0.29) is 17.9 Å². The number of nitro benzene ring substituents is 1. The average Bonchev–Trinajstić information content (AvgIpc) is 3.04. The number of aromatic nitrogens is 1. The summed E-state index contributed by atoms with van der Waals surface area (Å²) in [6.07, 6.45) is 0.619. The number of aryl methyl sites for hydroxylation is 1. The zero-order valence-corrected chi connectivity index (χ0v) is 24.9. The summed E-state index contributed by atoms with van der Waals surface area (Å²) in [5, 5.41) is 14.9. The minimum atomic E-state index is -0.841. The molecule has 0 aliphatic heterocycles. The van der Waals surface area contributed by atoms with E-state index in [1.54, 1.807) is 31.2 Å². The molecule has 1 N–H and O–H groups in total. The molecule has 0 spiro atoms. The number of nitrogens with one attached hydrogen (secondary N) is 1. The smallest absolute Gasteiger partial charge is 0.338 e. The fraction of sp³-hybridized carbons (Fsp3) is 0.294. The summed E-state index contributed by atoms with van der Waals surface area (Å²) >= 11 is 0. The zero-order valence-electron chi connectivity index (χ0n) is 24.9. The van der Waals surface area contributed by atoms with Gasteiger partial charge in [-0.1, -0.05) is 18.2 Å². The highest BCUT2D eigenvalue weighted by Gasteiger charge is 2.41. The number of nitro groups is 1. The lowest BCUT2D eigenvalue weighted by Crippen LogP contribution is -2.54. The molecular formula is C34H33N3O8. The van der Waals surface area contributed by atoms with Crippen molar-refractivity contribution in [3.8, 4) is 5.75 Å². The van der Waals surface area contributed by atoms with E-state index in [1.807, 2.05) is 37.3 Å². The number of hydrogen-bond acceptors (Lipinski definition) is 9. The topological polar surface area (TPSA) is 147 Å². The van der Waals surface area contributed by atoms with E-state index in [2.05, 4.69) is 10.3 Å². The minimum absolute atomic E-state index is 0.120. The van der Waals surface area contributed by atoms with Gasteiger partial charge in [0.25, 0.3) is 11.6 Å². The lowest BCUT2D eigenvalue weighted by molar-refractivity contribution is -0.384. The molecule has 0 saturated heterocycles. The van der Waals surface area contributed by atoms with Crippen molar-refractivity contribution in [1.82, 2.24) is 10.3 Å². The van der Waals surface area contributed by atoms with Gasteiger partial charge >= 0.3 is 11.9 Å². The Bertz CT molecular complexity index is 1710. The fourth-order valence-corrected chi connectivity index (χ4v) is 5.53. The molecule has 0 radical (unpaired) electrons. The van der Waals surface area contributed by atoms with Gasteiger partial charge in [0.05, 0.1) is 34.6 Å². The molecule has 1 fully saturated rings. The second-order valence-corrected chi connectivity index (χ2v) is 10.8. The van der Waals surface area contributed by atoms with Gasteiger partial charge in [-0.15, -0.1) is 0 Å². The first-order valence-electron chi connectivity index (χ1n) is 14.7. The van der Waals surface area contributed by atoms with Gasteiger partial charge in [-0.3, -0.25) is 24.7 Å². The number of esters is 2. The van der Waals surface area contributed by atoms with E-state index in [4.69, 9.17) is 14.2 Å². The van der Waals surface area contributed by atoms with Crippen LogP contribution in [0.2, 0.25) is 0 Å². The van der Waals surface area contributed by atoms with Gasteiger partial charge in [0, 0.05) is 34.3 Å². The van der Waals surface area contributed by atoms with Gasteiger partial charge in [0.1, 0.15) is 18.5 Å². The van der Waals surface area contributed by atoms with Gasteiger partial charge in [-0.25, -0.2) is 4.79 Å². The van der Waals surface area contributed by atoms with Crippen molar-refractivity contribution in [2.45, 2.75) is 51.9 Å². The number of rotatable bonds is 10. The molecule has 1 aliphatic rings. The number of non-ortho nitro benzene ring substituents is 1. The molecule has 0 bridgehead atoms. The Kier molecular flexibility index (Phi) is 9.67. The van der Waals surface area contributed by atoms with Crippen LogP contribution in [0.5, 0.6) is 5.75 Å². The lowest BCUT2D eigenvalue weighted by atomic mass is 9.82. The molecule has 1 amide bonds. The molecule has 11 nitrogen and oxygen atoms in total. The summed E-state index contributed by atoms with van der Waals surface area (Å²) in [4.78, 5) is 54.2. The zero-order chi connectivity index (χ0) is 31.9. The van der Waals surface area contributed by atoms with E-state index >= 15 is 0 Å². The van der Waals surface area contributed by atoms with Crippen molar-refractivity contribution in [3.63, 3.8) is 0 Å². The van der Waals surface area contributed by atoms with Crippen LogP contribution in [-0.4, -0.2) is 46.5 Å². The summed E-state index contributed by atoms with van der Waals surface area (Å²) in [5.74, 6) is -1.80. The quantitative estimate of drug-likeness (QED) is 0.135. The molecule has 11 heteroatoms. The first-order chi connectivity index (χ1) is 21.7. The maximum absolute atomic E-state index is 13.4. The number of amides is 1. The van der Waals surface area contributed by atoms with Gasteiger partial charge in [0.2, 0.25) is 0 Å². The number of ether oxygens (including phenoxy) is 3. The van der Waals surface area contributed by atoms with Crippen molar-refractivity contribution in [2.75, 3.05) is 6.61 Å². The second-order valence-electron chi connectivity index (χ2n) is 10.8. The summed E-state index contributed by atoms with van der Waals surface area (Å²) in [7, 11) is 0. The summed E-state index contributed by atoms with van der Waals surface area (Å²) in [5.41, 5.74) is 3.07. The van der Waals surface area contributed by atoms with Crippen LogP contribution in [0.3, 0.4) is 0 Å². The van der Waals surface area contributed by atoms with Crippen LogP contribution < -0.4 is 10.1 Å². The summed E-state index contributed by atoms with van der Waals surface area (Å²) in [6.45, 7) is 4.12. The average molecular weight is 612 g/mol. The first kappa shape index (κ1) is 31.1. The highest BCUT2D eigenvalue weighted by molar-refractivity contribution is 5.95. The molecule has 1 saturated carbocycles. The summed E-state index contributed by atoms with van der Waals surface area (Å²) < 4.78 is 17.1. The van der Waals surface area contributed by atoms with E-state index in [9.17, 15) is 24.5 Å². The highest BCUT2D eigenvalue weighted by Crippen LogP contribution is 2.30. The number of carbonyl (C=O) groups is 3. The Hall–Kier alpha value is -5.32. The van der Waals surface area contributed by atoms with Crippen LogP contribution in [0.15, 0.2) is 78.9 Å². The molecule has 45 heavy (non-hydrogen) atoms. The second kappa shape index (κ2) is 14.0. The van der Waals surface area contributed by atoms with E-state index in [1.165, 1.54) is 24.3 Å². The third-order valence-electron chi connectivity index (χ3n) is 7.74. The van der Waals surface area contributed by atoms with Crippen molar-refractivity contribution in [1.29, 1.82) is 0 Å². The van der Waals surface area contributed by atoms with Gasteiger partial charge in [-0.2, -0.15) is 0 Å². The molecule has 232 valence electrons. The first-order valence-corrected chi connectivity index (χ1v) is 14.7. The van der Waals surface area contributed by atoms with E-state index in [0.717, 1.165) is 22.2 Å². The van der Waals surface area contributed by atoms with Gasteiger partial charge in [-0.05, 0) is 81.6 Å². The Morgan fingerprint density at radius 2 is 1.69 bits per heavy atom. The number of pyridine rings is 1. The van der Waals surface area contributed by atoms with Crippen LogP contribution in [0, 0.1) is 23.0 Å². The van der Waals surface area contributed by atoms with Crippen LogP contribution in [0.1, 0.15) is 58.2 Å². The van der Waals surface area contributed by atoms with Crippen LogP contribution in [-0.2, 0) is 20.9 Å². The van der Waals surface area contributed by atoms with Gasteiger partial charge in [0.15, 0.2) is 0 Å². The van der Waals surface area contributed by atoms with E-state index in [0.29, 0.717) is 37.2 Å². The number of hydrogen-bond donors (Lipinski definition) is 1. The predicted molar refractivity (Wildman–Crippen MR) is 165 cm³/mol. The Morgan fingerprint density at radius 1 is 0.978 bits per heavy atom. The molecular weight excluding hydrogens is 578 g/mol. The molecule has 1 aliphatic carbocycles. The van der Waals surface area contributed by atoms with Crippen LogP contribution in [0.4, 0.5) is 5.69 Å². The maximum Gasteiger partial charge on any atom is 0.338 e. The Labute approximate surface area is 259 Å². The van der Waals surface area contributed by atoms with Gasteiger partial charge < -0.3 is 19.5 Å². The molecule has 3 atom stereocenters. The Balaban J connectivity index is 1.28. The minimum Gasteiger partial charge on any atom is -0.489 e. The highest BCUT2D eigenvalue weighted by atomic mass is 16.6. The monoisotopic (exact) mass is 611 g/mol. The molecule has 5 rings (SSSR count). The van der Waals surface area contributed by atoms with Crippen molar-refractivity contribution >= 4 is 34.4 Å². The van der Waals surface area contributed by atoms with E-state index < -0.39 is 40.8 Å². The lowest BCUT2D eigenvalue weighted by Gasteiger charge is -2.36. The van der Waals surface area contributed by atoms with Crippen LogP contribution in [0.25, 0.3) is 10.9 Å². The Morgan fingerprint density at radius 3 is 2.40 bits per heavy atom. The number of fused-ring (bicyclic) bond motifs is 1. The van der Waals surface area contributed by atoms with Crippen molar-refractivity contribution in [2.24, 2.45) is 5.92 Å².